The summed E-state index contributed by atoms with van der Waals surface area (Å²) in [5.41, 5.74) is 0.400. The van der Waals surface area contributed by atoms with Gasteiger partial charge in [0.25, 0.3) is 5.91 Å². The number of amides is 2. The van der Waals surface area contributed by atoms with Gasteiger partial charge in [-0.05, 0) is 43.7 Å². The number of rotatable bonds is 8. The highest BCUT2D eigenvalue weighted by Gasteiger charge is 2.33. The Hall–Kier alpha value is -2.28. The van der Waals surface area contributed by atoms with Crippen molar-refractivity contribution in [3.8, 4) is 11.5 Å². The van der Waals surface area contributed by atoms with Gasteiger partial charge >= 0.3 is 0 Å². The monoisotopic (exact) mass is 403 g/mol. The van der Waals surface area contributed by atoms with E-state index in [0.717, 1.165) is 32.0 Å². The van der Waals surface area contributed by atoms with Gasteiger partial charge in [0, 0.05) is 36.8 Å². The Morgan fingerprint density at radius 3 is 2.07 bits per heavy atom. The predicted molar refractivity (Wildman–Crippen MR) is 111 cm³/mol. The van der Waals surface area contributed by atoms with Gasteiger partial charge in [-0.15, -0.1) is 0 Å². The number of hydrogen-bond acceptors (Lipinski definition) is 5. The van der Waals surface area contributed by atoms with Crippen LogP contribution in [0.5, 0.6) is 11.5 Å². The molecule has 1 aliphatic carbocycles. The summed E-state index contributed by atoms with van der Waals surface area (Å²) in [7, 11) is 3.07. The Bertz CT molecular complexity index is 703. The maximum absolute atomic E-state index is 12.9. The van der Waals surface area contributed by atoms with E-state index < -0.39 is 6.04 Å². The molecule has 7 heteroatoms. The van der Waals surface area contributed by atoms with E-state index in [1.165, 1.54) is 27.1 Å². The third-order valence-electron chi connectivity index (χ3n) is 5.79. The highest BCUT2D eigenvalue weighted by atomic mass is 16.5. The first-order valence-corrected chi connectivity index (χ1v) is 10.5. The highest BCUT2D eigenvalue weighted by molar-refractivity contribution is 5.98. The minimum absolute atomic E-state index is 0.0296. The molecule has 3 rings (SSSR count). The van der Waals surface area contributed by atoms with Crippen LogP contribution in [0.3, 0.4) is 0 Å². The Morgan fingerprint density at radius 2 is 1.59 bits per heavy atom. The maximum atomic E-state index is 12.9. The summed E-state index contributed by atoms with van der Waals surface area (Å²) >= 11 is 0. The molecule has 2 amide bonds. The highest BCUT2D eigenvalue weighted by Crippen LogP contribution is 2.29. The van der Waals surface area contributed by atoms with E-state index in [2.05, 4.69) is 15.5 Å². The summed E-state index contributed by atoms with van der Waals surface area (Å²) in [5.74, 6) is 0.593. The molecule has 1 atom stereocenters. The number of nitrogens with one attached hydrogen (secondary N) is 2. The third-order valence-corrected chi connectivity index (χ3v) is 5.79. The van der Waals surface area contributed by atoms with Crippen LogP contribution in [0.15, 0.2) is 18.2 Å². The number of hydrogen-bond donors (Lipinski definition) is 2. The summed E-state index contributed by atoms with van der Waals surface area (Å²) in [4.78, 5) is 28.2. The Labute approximate surface area is 173 Å². The lowest BCUT2D eigenvalue weighted by Gasteiger charge is -2.33. The Balaban J connectivity index is 1.60. The van der Waals surface area contributed by atoms with Crippen LogP contribution in [0.25, 0.3) is 0 Å². The first-order valence-electron chi connectivity index (χ1n) is 10.5. The molecule has 0 aromatic heterocycles. The molecule has 2 aliphatic rings. The van der Waals surface area contributed by atoms with Crippen LogP contribution in [0, 0.1) is 5.92 Å². The Morgan fingerprint density at radius 1 is 1.00 bits per heavy atom. The molecular formula is C22H33N3O4. The number of piperidine rings is 1. The van der Waals surface area contributed by atoms with Crippen LogP contribution in [-0.4, -0.2) is 62.1 Å². The lowest BCUT2D eigenvalue weighted by molar-refractivity contribution is -0.125. The van der Waals surface area contributed by atoms with Crippen molar-refractivity contribution >= 4 is 11.8 Å². The second kappa shape index (κ2) is 9.48. The SMILES string of the molecule is COc1cc(OC)cc(C(=O)NC(C(=O)NC2CCN(C3CC3)CC2)C(C)C)c1. The molecular weight excluding hydrogens is 370 g/mol. The van der Waals surface area contributed by atoms with Crippen molar-refractivity contribution in [1.82, 2.24) is 15.5 Å². The molecule has 1 unspecified atom stereocenters. The molecule has 1 aromatic rings. The third kappa shape index (κ3) is 5.63. The summed E-state index contributed by atoms with van der Waals surface area (Å²) in [6, 6.07) is 5.33. The molecule has 7 nitrogen and oxygen atoms in total. The molecule has 0 bridgehead atoms. The van der Waals surface area contributed by atoms with Crippen molar-refractivity contribution in [2.75, 3.05) is 27.3 Å². The van der Waals surface area contributed by atoms with Gasteiger partial charge in [-0.2, -0.15) is 0 Å². The van der Waals surface area contributed by atoms with Crippen molar-refractivity contribution in [2.24, 2.45) is 5.92 Å². The van der Waals surface area contributed by atoms with Gasteiger partial charge in [-0.3, -0.25) is 9.59 Å². The smallest absolute Gasteiger partial charge is 0.252 e. The largest absolute Gasteiger partial charge is 0.497 e. The zero-order valence-electron chi connectivity index (χ0n) is 17.9. The molecule has 1 saturated carbocycles. The van der Waals surface area contributed by atoms with Crippen LogP contribution in [-0.2, 0) is 4.79 Å². The lowest BCUT2D eigenvalue weighted by Crippen LogP contribution is -2.54. The molecule has 2 fully saturated rings. The number of methoxy groups -OCH3 is 2. The van der Waals surface area contributed by atoms with Crippen LogP contribution in [0.2, 0.25) is 0 Å². The molecule has 1 aromatic carbocycles. The van der Waals surface area contributed by atoms with Gasteiger partial charge in [-0.25, -0.2) is 0 Å². The standard InChI is InChI=1S/C22H33N3O4/c1-14(2)20(22(27)23-16-7-9-25(10-8-16)17-5-6-17)24-21(26)15-11-18(28-3)13-19(12-15)29-4/h11-14,16-17,20H,5-10H2,1-4H3,(H,23,27)(H,24,26). The number of carbonyl (C=O) groups is 2. The molecule has 0 spiro atoms. The fourth-order valence-corrected chi connectivity index (χ4v) is 3.84. The molecule has 29 heavy (non-hydrogen) atoms. The summed E-state index contributed by atoms with van der Waals surface area (Å²) in [6.07, 6.45) is 4.56. The fraction of sp³-hybridized carbons (Fsp3) is 0.636. The number of carbonyl (C=O) groups excluding carboxylic acids is 2. The van der Waals surface area contributed by atoms with Crippen LogP contribution in [0.1, 0.15) is 49.9 Å². The topological polar surface area (TPSA) is 79.9 Å². The van der Waals surface area contributed by atoms with Crippen LogP contribution >= 0.6 is 0 Å². The minimum atomic E-state index is -0.596. The first-order chi connectivity index (χ1) is 13.9. The molecule has 1 saturated heterocycles. The normalized spacial score (nSPS) is 18.9. The molecule has 1 aliphatic heterocycles. The van der Waals surface area contributed by atoms with Crippen LogP contribution < -0.4 is 20.1 Å². The van der Waals surface area contributed by atoms with E-state index in [0.29, 0.717) is 17.1 Å². The maximum Gasteiger partial charge on any atom is 0.252 e. The van der Waals surface area contributed by atoms with Gasteiger partial charge in [0.15, 0.2) is 0 Å². The van der Waals surface area contributed by atoms with Gasteiger partial charge in [-0.1, -0.05) is 13.8 Å². The lowest BCUT2D eigenvalue weighted by atomic mass is 10.00. The second-order valence-corrected chi connectivity index (χ2v) is 8.35. The first kappa shape index (κ1) is 21.4. The minimum Gasteiger partial charge on any atom is -0.497 e. The zero-order valence-corrected chi connectivity index (χ0v) is 17.9. The van der Waals surface area contributed by atoms with Crippen molar-refractivity contribution in [2.45, 2.75) is 57.7 Å². The van der Waals surface area contributed by atoms with E-state index in [-0.39, 0.29) is 23.8 Å². The number of ether oxygens (including phenoxy) is 2. The zero-order chi connectivity index (χ0) is 21.0. The van der Waals surface area contributed by atoms with Crippen molar-refractivity contribution < 1.29 is 19.1 Å². The van der Waals surface area contributed by atoms with E-state index in [4.69, 9.17) is 9.47 Å². The summed E-state index contributed by atoms with van der Waals surface area (Å²) in [5, 5.41) is 6.04. The average Bonchev–Trinajstić information content (AvgIpc) is 3.56. The number of likely N-dealkylation sites (tertiary alicyclic amines) is 1. The predicted octanol–water partition coefficient (Wildman–Crippen LogP) is 2.20. The van der Waals surface area contributed by atoms with Gasteiger partial charge in [0.05, 0.1) is 14.2 Å². The van der Waals surface area contributed by atoms with Crippen LogP contribution in [0.4, 0.5) is 0 Å². The van der Waals surface area contributed by atoms with Gasteiger partial charge in [0.1, 0.15) is 17.5 Å². The van der Waals surface area contributed by atoms with Gasteiger partial charge in [0.2, 0.25) is 5.91 Å². The van der Waals surface area contributed by atoms with Crippen molar-refractivity contribution in [3.63, 3.8) is 0 Å². The van der Waals surface area contributed by atoms with E-state index >= 15 is 0 Å². The van der Waals surface area contributed by atoms with Crippen molar-refractivity contribution in [1.29, 1.82) is 0 Å². The summed E-state index contributed by atoms with van der Waals surface area (Å²) in [6.45, 7) is 5.95. The van der Waals surface area contributed by atoms with E-state index in [9.17, 15) is 9.59 Å². The van der Waals surface area contributed by atoms with E-state index in [1.54, 1.807) is 18.2 Å². The molecule has 1 heterocycles. The van der Waals surface area contributed by atoms with E-state index in [1.807, 2.05) is 13.8 Å². The second-order valence-electron chi connectivity index (χ2n) is 8.35. The molecule has 160 valence electrons. The molecule has 2 N–H and O–H groups in total. The summed E-state index contributed by atoms with van der Waals surface area (Å²) < 4.78 is 10.5. The van der Waals surface area contributed by atoms with Gasteiger partial charge < -0.3 is 25.0 Å². The Kier molecular flexibility index (Phi) is 7.00. The number of nitrogens with zero attached hydrogens (tertiary/aromatic N) is 1. The average molecular weight is 404 g/mol. The number of benzene rings is 1. The van der Waals surface area contributed by atoms with Crippen molar-refractivity contribution in [3.05, 3.63) is 23.8 Å². The molecule has 0 radical (unpaired) electrons. The fourth-order valence-electron chi connectivity index (χ4n) is 3.84. The quantitative estimate of drug-likeness (QED) is 0.696.